The van der Waals surface area contributed by atoms with Crippen LogP contribution in [0.15, 0.2) is 30.6 Å². The van der Waals surface area contributed by atoms with Gasteiger partial charge in [-0.2, -0.15) is 4.39 Å². The maximum Gasteiger partial charge on any atom is 0.253 e. The van der Waals surface area contributed by atoms with Crippen molar-refractivity contribution in [3.05, 3.63) is 53.2 Å². The Hall–Kier alpha value is -2.50. The number of nitrogens with one attached hydrogen (secondary N) is 1. The molecule has 1 amide bonds. The summed E-state index contributed by atoms with van der Waals surface area (Å²) >= 11 is 0. The molecule has 150 valence electrons. The number of halogens is 1. The van der Waals surface area contributed by atoms with E-state index in [0.29, 0.717) is 28.8 Å². The molecule has 1 saturated carbocycles. The van der Waals surface area contributed by atoms with E-state index in [9.17, 15) is 9.18 Å². The van der Waals surface area contributed by atoms with Gasteiger partial charge in [0.25, 0.3) is 5.91 Å². The van der Waals surface area contributed by atoms with E-state index in [0.717, 1.165) is 37.7 Å². The first-order chi connectivity index (χ1) is 13.5. The maximum atomic E-state index is 13.8. The highest BCUT2D eigenvalue weighted by atomic mass is 19.1. The number of hydrogen-bond donors (Lipinski definition) is 1. The summed E-state index contributed by atoms with van der Waals surface area (Å²) in [4.78, 5) is 20.4. The Balaban J connectivity index is 1.60. The third-order valence-corrected chi connectivity index (χ3v) is 5.93. The minimum Gasteiger partial charge on any atom is -0.481 e. The van der Waals surface area contributed by atoms with Gasteiger partial charge in [0.05, 0.1) is 12.7 Å². The van der Waals surface area contributed by atoms with Gasteiger partial charge < -0.3 is 10.1 Å². The Labute approximate surface area is 165 Å². The lowest BCUT2D eigenvalue weighted by Crippen LogP contribution is -2.41. The fraction of sp³-hybridized carbons (Fsp3) is 0.500. The average molecular weight is 385 g/mol. The lowest BCUT2D eigenvalue weighted by molar-refractivity contribution is 0.0909. The molecule has 0 spiro atoms. The van der Waals surface area contributed by atoms with E-state index in [4.69, 9.17) is 4.74 Å². The topological polar surface area (TPSA) is 64.1 Å². The second kappa shape index (κ2) is 9.13. The first-order valence-electron chi connectivity index (χ1n) is 9.95. The molecule has 0 radical (unpaired) electrons. The molecule has 6 heteroatoms. The highest BCUT2D eigenvalue weighted by Crippen LogP contribution is 2.38. The molecule has 1 N–H and O–H groups in total. The van der Waals surface area contributed by atoms with Crippen LogP contribution in [-0.2, 0) is 0 Å². The van der Waals surface area contributed by atoms with Gasteiger partial charge in [-0.3, -0.25) is 4.79 Å². The number of nitrogens with zero attached hydrogens (tertiary/aromatic N) is 2. The molecule has 0 aliphatic heterocycles. The number of methoxy groups -OCH3 is 1. The Bertz CT molecular complexity index is 802. The monoisotopic (exact) mass is 385 g/mol. The van der Waals surface area contributed by atoms with Gasteiger partial charge in [-0.05, 0) is 68.6 Å². The largest absolute Gasteiger partial charge is 0.481 e. The lowest BCUT2D eigenvalue weighted by Gasteiger charge is -2.34. The molecule has 3 rings (SSSR count). The molecule has 1 aliphatic rings. The number of pyridine rings is 2. The van der Waals surface area contributed by atoms with Crippen molar-refractivity contribution in [2.45, 2.75) is 57.9 Å². The zero-order valence-corrected chi connectivity index (χ0v) is 16.7. The summed E-state index contributed by atoms with van der Waals surface area (Å²) in [6.45, 7) is 3.91. The molecule has 0 bridgehead atoms. The van der Waals surface area contributed by atoms with Crippen LogP contribution >= 0.6 is 0 Å². The summed E-state index contributed by atoms with van der Waals surface area (Å²) in [5.41, 5.74) is 2.28. The fourth-order valence-corrected chi connectivity index (χ4v) is 4.24. The lowest BCUT2D eigenvalue weighted by atomic mass is 9.75. The number of carbonyl (C=O) groups excluding carboxylic acids is 1. The van der Waals surface area contributed by atoms with Crippen LogP contribution in [-0.4, -0.2) is 29.0 Å². The Kier molecular flexibility index (Phi) is 6.60. The van der Waals surface area contributed by atoms with Gasteiger partial charge in [0.2, 0.25) is 11.8 Å². The van der Waals surface area contributed by atoms with E-state index >= 15 is 0 Å². The van der Waals surface area contributed by atoms with Gasteiger partial charge in [-0.1, -0.05) is 6.92 Å². The van der Waals surface area contributed by atoms with Gasteiger partial charge in [0.1, 0.15) is 0 Å². The molecule has 0 saturated heterocycles. The van der Waals surface area contributed by atoms with Crippen LogP contribution in [0.3, 0.4) is 0 Å². The molecule has 1 fully saturated rings. The first-order valence-corrected chi connectivity index (χ1v) is 9.95. The molecular formula is C22H28FN3O2. The summed E-state index contributed by atoms with van der Waals surface area (Å²) < 4.78 is 18.8. The minimum atomic E-state index is -0.369. The van der Waals surface area contributed by atoms with Crippen molar-refractivity contribution >= 4 is 5.91 Å². The quantitative estimate of drug-likeness (QED) is 0.748. The Morgan fingerprint density at radius 1 is 1.25 bits per heavy atom. The standard InChI is InChI=1S/C22H28FN3O2/c1-4-19(26-22(27)17-9-10-20(28-3)25-13-17)16-7-5-15(6-8-16)18-11-12-24-21(23)14(18)2/h9-13,15-16,19H,4-8H2,1-3H3,(H,26,27). The van der Waals surface area contributed by atoms with Crippen molar-refractivity contribution in [2.24, 2.45) is 5.92 Å². The molecule has 2 aromatic rings. The number of carbonyl (C=O) groups is 1. The molecule has 2 heterocycles. The number of aromatic nitrogens is 2. The maximum absolute atomic E-state index is 13.8. The number of ether oxygens (including phenoxy) is 1. The smallest absolute Gasteiger partial charge is 0.253 e. The Morgan fingerprint density at radius 3 is 2.61 bits per heavy atom. The van der Waals surface area contributed by atoms with E-state index in [-0.39, 0.29) is 17.9 Å². The van der Waals surface area contributed by atoms with Crippen molar-refractivity contribution in [1.29, 1.82) is 0 Å². The van der Waals surface area contributed by atoms with Crippen molar-refractivity contribution in [2.75, 3.05) is 7.11 Å². The fourth-order valence-electron chi connectivity index (χ4n) is 4.24. The summed E-state index contributed by atoms with van der Waals surface area (Å²) in [5, 5.41) is 3.18. The molecule has 28 heavy (non-hydrogen) atoms. The van der Waals surface area contributed by atoms with Crippen LogP contribution in [0.4, 0.5) is 4.39 Å². The van der Waals surface area contributed by atoms with Crippen LogP contribution in [0.5, 0.6) is 5.88 Å². The van der Waals surface area contributed by atoms with Gasteiger partial charge in [-0.25, -0.2) is 9.97 Å². The predicted molar refractivity (Wildman–Crippen MR) is 106 cm³/mol. The van der Waals surface area contributed by atoms with E-state index in [1.54, 1.807) is 31.6 Å². The molecular weight excluding hydrogens is 357 g/mol. The van der Waals surface area contributed by atoms with Crippen LogP contribution in [0.1, 0.15) is 66.4 Å². The zero-order chi connectivity index (χ0) is 20.1. The van der Waals surface area contributed by atoms with Gasteiger partial charge in [-0.15, -0.1) is 0 Å². The van der Waals surface area contributed by atoms with Crippen LogP contribution in [0, 0.1) is 18.8 Å². The summed E-state index contributed by atoms with van der Waals surface area (Å²) in [6, 6.07) is 5.49. The van der Waals surface area contributed by atoms with Crippen molar-refractivity contribution in [3.8, 4) is 5.88 Å². The highest BCUT2D eigenvalue weighted by Gasteiger charge is 2.29. The number of amides is 1. The predicted octanol–water partition coefficient (Wildman–Crippen LogP) is 4.42. The normalized spacial score (nSPS) is 20.4. The van der Waals surface area contributed by atoms with E-state index in [1.165, 1.54) is 0 Å². The third-order valence-electron chi connectivity index (χ3n) is 5.93. The van der Waals surface area contributed by atoms with Gasteiger partial charge >= 0.3 is 0 Å². The summed E-state index contributed by atoms with van der Waals surface area (Å²) in [7, 11) is 1.55. The van der Waals surface area contributed by atoms with Crippen molar-refractivity contribution in [3.63, 3.8) is 0 Å². The SMILES string of the molecule is CCC(NC(=O)c1ccc(OC)nc1)C1CCC(c2ccnc(F)c2C)CC1. The van der Waals surface area contributed by atoms with Crippen LogP contribution < -0.4 is 10.1 Å². The first kappa shape index (κ1) is 20.2. The Morgan fingerprint density at radius 2 is 2.00 bits per heavy atom. The van der Waals surface area contributed by atoms with Crippen molar-refractivity contribution in [1.82, 2.24) is 15.3 Å². The van der Waals surface area contributed by atoms with Crippen LogP contribution in [0.25, 0.3) is 0 Å². The van der Waals surface area contributed by atoms with E-state index < -0.39 is 0 Å². The second-order valence-corrected chi connectivity index (χ2v) is 7.51. The van der Waals surface area contributed by atoms with E-state index in [2.05, 4.69) is 22.2 Å². The molecule has 5 nitrogen and oxygen atoms in total. The van der Waals surface area contributed by atoms with Crippen LogP contribution in [0.2, 0.25) is 0 Å². The number of rotatable bonds is 6. The average Bonchev–Trinajstić information content (AvgIpc) is 2.74. The molecule has 1 unspecified atom stereocenters. The minimum absolute atomic E-state index is 0.101. The molecule has 1 atom stereocenters. The zero-order valence-electron chi connectivity index (χ0n) is 16.7. The van der Waals surface area contributed by atoms with Crippen molar-refractivity contribution < 1.29 is 13.9 Å². The van der Waals surface area contributed by atoms with E-state index in [1.807, 2.05) is 13.0 Å². The molecule has 0 aromatic carbocycles. The van der Waals surface area contributed by atoms with Gasteiger partial charge in [0, 0.05) is 30.1 Å². The number of hydrogen-bond acceptors (Lipinski definition) is 4. The summed E-state index contributed by atoms with van der Waals surface area (Å²) in [5.74, 6) is 0.823. The molecule has 1 aliphatic carbocycles. The second-order valence-electron chi connectivity index (χ2n) is 7.51. The molecule has 2 aromatic heterocycles. The third kappa shape index (κ3) is 4.49. The highest BCUT2D eigenvalue weighted by molar-refractivity contribution is 5.94. The summed E-state index contributed by atoms with van der Waals surface area (Å²) in [6.07, 6.45) is 8.03. The van der Waals surface area contributed by atoms with Gasteiger partial charge in [0.15, 0.2) is 0 Å².